The number of hydrogen-bond acceptors (Lipinski definition) is 5. The Hall–Kier alpha value is -1.92. The molecule has 1 aliphatic carbocycles. The van der Waals surface area contributed by atoms with Gasteiger partial charge in [0.2, 0.25) is 11.8 Å². The van der Waals surface area contributed by atoms with Gasteiger partial charge in [-0.1, -0.05) is 13.8 Å². The molecule has 6 heteroatoms. The fourth-order valence-corrected chi connectivity index (χ4v) is 5.71. The largest absolute Gasteiger partial charge is 0.507 e. The predicted molar refractivity (Wildman–Crippen MR) is 102 cm³/mol. The van der Waals surface area contributed by atoms with Crippen LogP contribution in [-0.4, -0.2) is 39.8 Å². The third-order valence-corrected chi connectivity index (χ3v) is 7.19. The maximum absolute atomic E-state index is 12.8. The highest BCUT2D eigenvalue weighted by atomic mass is 16.6. The van der Waals surface area contributed by atoms with Gasteiger partial charge in [-0.05, 0) is 61.4 Å². The quantitative estimate of drug-likeness (QED) is 0.762. The molecule has 1 aromatic rings. The zero-order chi connectivity index (χ0) is 20.5. The van der Waals surface area contributed by atoms with Crippen LogP contribution in [0, 0.1) is 43.4 Å². The number of ether oxygens (including phenoxy) is 1. The molecule has 2 N–H and O–H groups in total. The number of hydrogen-bond donors (Lipinski definition) is 2. The lowest BCUT2D eigenvalue weighted by Gasteiger charge is -2.46. The summed E-state index contributed by atoms with van der Waals surface area (Å²) in [7, 11) is 1.53. The summed E-state index contributed by atoms with van der Waals surface area (Å²) in [5, 5.41) is 21.7. The van der Waals surface area contributed by atoms with Crippen molar-refractivity contribution in [2.45, 2.75) is 52.4 Å². The number of phenols is 1. The molecule has 2 heterocycles. The maximum atomic E-state index is 12.8. The molecule has 1 aromatic carbocycles. The summed E-state index contributed by atoms with van der Waals surface area (Å²) >= 11 is 0. The number of likely N-dealkylation sites (tertiary alicyclic amines) is 1. The second kappa shape index (κ2) is 6.29. The number of aliphatic hydroxyl groups is 1. The minimum atomic E-state index is -1.43. The van der Waals surface area contributed by atoms with Crippen LogP contribution in [0.15, 0.2) is 12.1 Å². The Morgan fingerprint density at radius 1 is 1.14 bits per heavy atom. The maximum Gasteiger partial charge on any atom is 0.233 e. The van der Waals surface area contributed by atoms with Gasteiger partial charge in [-0.25, -0.2) is 0 Å². The smallest absolute Gasteiger partial charge is 0.233 e. The standard InChI is InChI=1S/C22H29NO5/c1-10(2)15-8-14-18(21(26)23(5)20(14)25)16-9-17(28-22(15,16)27)13-6-11(3)19(24)12(4)7-13/h6-7,10,14-18,24,27H,8-9H2,1-5H3/t14-,15+,16-,17-,18-,22+/m0/s1. The van der Waals surface area contributed by atoms with Crippen LogP contribution in [0.1, 0.15) is 49.5 Å². The lowest BCUT2D eigenvalue weighted by molar-refractivity contribution is -0.276. The molecule has 2 aliphatic heterocycles. The van der Waals surface area contributed by atoms with E-state index in [1.807, 2.05) is 39.8 Å². The Bertz CT molecular complexity index is 826. The second-order valence-corrected chi connectivity index (χ2v) is 9.16. The van der Waals surface area contributed by atoms with Crippen LogP contribution in [0.25, 0.3) is 0 Å². The second-order valence-electron chi connectivity index (χ2n) is 9.16. The van der Waals surface area contributed by atoms with Crippen molar-refractivity contribution in [3.05, 3.63) is 28.8 Å². The molecule has 152 valence electrons. The highest BCUT2D eigenvalue weighted by Gasteiger charge is 2.66. The number of rotatable bonds is 2. The van der Waals surface area contributed by atoms with E-state index in [9.17, 15) is 19.8 Å². The Morgan fingerprint density at radius 3 is 2.32 bits per heavy atom. The highest BCUT2D eigenvalue weighted by molar-refractivity contribution is 6.05. The van der Waals surface area contributed by atoms with E-state index < -0.39 is 17.6 Å². The summed E-state index contributed by atoms with van der Waals surface area (Å²) in [6, 6.07) is 3.76. The van der Waals surface area contributed by atoms with E-state index >= 15 is 0 Å². The van der Waals surface area contributed by atoms with Crippen molar-refractivity contribution in [3.63, 3.8) is 0 Å². The van der Waals surface area contributed by atoms with E-state index in [4.69, 9.17) is 4.74 Å². The Morgan fingerprint density at radius 2 is 1.75 bits per heavy atom. The monoisotopic (exact) mass is 387 g/mol. The molecular formula is C22H29NO5. The number of phenolic OH excluding ortho intramolecular Hbond substituents is 1. The molecule has 1 saturated carbocycles. The van der Waals surface area contributed by atoms with Gasteiger partial charge in [0, 0.05) is 18.9 Å². The number of carbonyl (C=O) groups is 2. The van der Waals surface area contributed by atoms with Crippen molar-refractivity contribution >= 4 is 11.8 Å². The molecule has 0 aromatic heterocycles. The van der Waals surface area contributed by atoms with Gasteiger partial charge in [0.1, 0.15) is 5.75 Å². The lowest BCUT2D eigenvalue weighted by Crippen LogP contribution is -2.55. The molecule has 2 amide bonds. The zero-order valence-electron chi connectivity index (χ0n) is 17.1. The van der Waals surface area contributed by atoms with Crippen LogP contribution in [0.5, 0.6) is 5.75 Å². The summed E-state index contributed by atoms with van der Waals surface area (Å²) in [5.74, 6) is -2.93. The van der Waals surface area contributed by atoms with Crippen molar-refractivity contribution < 1.29 is 24.5 Å². The first-order valence-corrected chi connectivity index (χ1v) is 10.1. The SMILES string of the molecule is Cc1cc([C@@H]2C[C@H]3[C@H]4C(=O)N(C)C(=O)[C@H]4C[C@H](C(C)C)[C@@]3(O)O2)cc(C)c1O. The van der Waals surface area contributed by atoms with E-state index in [1.54, 1.807) is 0 Å². The average Bonchev–Trinajstić information content (AvgIpc) is 3.09. The van der Waals surface area contributed by atoms with Crippen LogP contribution >= 0.6 is 0 Å². The van der Waals surface area contributed by atoms with Gasteiger partial charge >= 0.3 is 0 Å². The van der Waals surface area contributed by atoms with Crippen molar-refractivity contribution in [2.24, 2.45) is 29.6 Å². The molecule has 28 heavy (non-hydrogen) atoms. The molecule has 0 bridgehead atoms. The summed E-state index contributed by atoms with van der Waals surface area (Å²) in [6.07, 6.45) is 0.573. The van der Waals surface area contributed by atoms with Crippen LogP contribution < -0.4 is 0 Å². The van der Waals surface area contributed by atoms with Crippen LogP contribution in [-0.2, 0) is 14.3 Å². The zero-order valence-corrected chi connectivity index (χ0v) is 17.1. The fraction of sp³-hybridized carbons (Fsp3) is 0.636. The summed E-state index contributed by atoms with van der Waals surface area (Å²) < 4.78 is 6.28. The van der Waals surface area contributed by atoms with Crippen LogP contribution in [0.2, 0.25) is 0 Å². The minimum absolute atomic E-state index is 0.115. The number of imide groups is 1. The Balaban J connectivity index is 1.75. The van der Waals surface area contributed by atoms with Crippen molar-refractivity contribution in [2.75, 3.05) is 7.05 Å². The number of aryl methyl sites for hydroxylation is 2. The van der Waals surface area contributed by atoms with E-state index in [0.717, 1.165) is 16.7 Å². The number of benzene rings is 1. The molecule has 0 spiro atoms. The summed E-state index contributed by atoms with van der Waals surface area (Å²) in [5.41, 5.74) is 2.40. The fourth-order valence-electron chi connectivity index (χ4n) is 5.71. The van der Waals surface area contributed by atoms with Gasteiger partial charge in [-0.15, -0.1) is 0 Å². The summed E-state index contributed by atoms with van der Waals surface area (Å²) in [6.45, 7) is 7.72. The number of fused-ring (bicyclic) bond motifs is 3. The van der Waals surface area contributed by atoms with Crippen molar-refractivity contribution in [3.8, 4) is 5.75 Å². The highest BCUT2D eigenvalue weighted by Crippen LogP contribution is 2.59. The van der Waals surface area contributed by atoms with E-state index in [2.05, 4.69) is 0 Å². The number of amides is 2. The summed E-state index contributed by atoms with van der Waals surface area (Å²) in [4.78, 5) is 26.7. The molecule has 6 nitrogen and oxygen atoms in total. The molecule has 3 aliphatic rings. The van der Waals surface area contributed by atoms with Gasteiger partial charge < -0.3 is 14.9 Å². The molecule has 2 saturated heterocycles. The van der Waals surface area contributed by atoms with Gasteiger partial charge in [-0.3, -0.25) is 14.5 Å². The van der Waals surface area contributed by atoms with Crippen molar-refractivity contribution in [1.29, 1.82) is 0 Å². The Labute approximate surface area is 165 Å². The molecular weight excluding hydrogens is 358 g/mol. The molecule has 6 atom stereocenters. The molecule has 0 radical (unpaired) electrons. The molecule has 4 rings (SSSR count). The Kier molecular flexibility index (Phi) is 4.36. The van der Waals surface area contributed by atoms with E-state index in [-0.39, 0.29) is 41.4 Å². The predicted octanol–water partition coefficient (Wildman–Crippen LogP) is 2.68. The third-order valence-electron chi connectivity index (χ3n) is 7.19. The van der Waals surface area contributed by atoms with Gasteiger partial charge in [0.15, 0.2) is 5.79 Å². The first-order chi connectivity index (χ1) is 13.1. The van der Waals surface area contributed by atoms with Gasteiger partial charge in [0.25, 0.3) is 0 Å². The third kappa shape index (κ3) is 2.54. The van der Waals surface area contributed by atoms with Crippen LogP contribution in [0.3, 0.4) is 0 Å². The topological polar surface area (TPSA) is 87.1 Å². The average molecular weight is 387 g/mol. The minimum Gasteiger partial charge on any atom is -0.507 e. The van der Waals surface area contributed by atoms with Gasteiger partial charge in [-0.2, -0.15) is 0 Å². The van der Waals surface area contributed by atoms with Crippen molar-refractivity contribution in [1.82, 2.24) is 4.90 Å². The lowest BCUT2D eigenvalue weighted by atomic mass is 9.62. The molecule has 0 unspecified atom stereocenters. The number of nitrogens with zero attached hydrogens (tertiary/aromatic N) is 1. The van der Waals surface area contributed by atoms with E-state index in [1.165, 1.54) is 11.9 Å². The first kappa shape index (κ1) is 19.4. The first-order valence-electron chi connectivity index (χ1n) is 10.1. The number of carbonyl (C=O) groups excluding carboxylic acids is 2. The normalized spacial score (nSPS) is 37.5. The van der Waals surface area contributed by atoms with Crippen LogP contribution in [0.4, 0.5) is 0 Å². The van der Waals surface area contributed by atoms with E-state index in [0.29, 0.717) is 12.8 Å². The molecule has 3 fully saturated rings. The number of aromatic hydroxyl groups is 1. The van der Waals surface area contributed by atoms with Gasteiger partial charge in [0.05, 0.1) is 17.9 Å².